The van der Waals surface area contributed by atoms with Gasteiger partial charge in [-0.25, -0.2) is 4.99 Å². The molecule has 31 heavy (non-hydrogen) atoms. The molecule has 0 spiro atoms. The van der Waals surface area contributed by atoms with Crippen molar-refractivity contribution in [3.8, 4) is 11.5 Å². The lowest BCUT2D eigenvalue weighted by atomic mass is 10.1. The molecule has 7 heteroatoms. The number of rotatable bonds is 8. The van der Waals surface area contributed by atoms with Crippen LogP contribution in [0.25, 0.3) is 0 Å². The summed E-state index contributed by atoms with van der Waals surface area (Å²) in [5.41, 5.74) is 1.05. The predicted octanol–water partition coefficient (Wildman–Crippen LogP) is 2.93. The van der Waals surface area contributed by atoms with Crippen LogP contribution < -0.4 is 20.1 Å². The van der Waals surface area contributed by atoms with Crippen LogP contribution in [0, 0.1) is 0 Å². The van der Waals surface area contributed by atoms with E-state index < -0.39 is 0 Å². The SMILES string of the molecule is CCNC(=NCc1cccc(OC)c1OC1CCCC1)NCC1CN2CCCC2CO1. The Morgan fingerprint density at radius 1 is 1.19 bits per heavy atom. The number of fused-ring (bicyclic) bond motifs is 1. The second-order valence-electron chi connectivity index (χ2n) is 8.80. The number of hydrogen-bond acceptors (Lipinski definition) is 5. The Kier molecular flexibility index (Phi) is 7.92. The lowest BCUT2D eigenvalue weighted by Crippen LogP contribution is -2.51. The van der Waals surface area contributed by atoms with Gasteiger partial charge in [0.05, 0.1) is 32.5 Å². The summed E-state index contributed by atoms with van der Waals surface area (Å²) in [6, 6.07) is 6.68. The third-order valence-corrected chi connectivity index (χ3v) is 6.58. The monoisotopic (exact) mass is 430 g/mol. The minimum atomic E-state index is 0.205. The largest absolute Gasteiger partial charge is 0.493 e. The highest BCUT2D eigenvalue weighted by Gasteiger charge is 2.32. The van der Waals surface area contributed by atoms with E-state index in [1.807, 2.05) is 12.1 Å². The van der Waals surface area contributed by atoms with Crippen molar-refractivity contribution in [3.05, 3.63) is 23.8 Å². The van der Waals surface area contributed by atoms with Gasteiger partial charge in [-0.15, -0.1) is 0 Å². The lowest BCUT2D eigenvalue weighted by Gasteiger charge is -2.35. The Morgan fingerprint density at radius 2 is 2.06 bits per heavy atom. The van der Waals surface area contributed by atoms with Gasteiger partial charge in [0.15, 0.2) is 17.5 Å². The fourth-order valence-corrected chi connectivity index (χ4v) is 4.88. The molecule has 0 aromatic heterocycles. The Balaban J connectivity index is 1.38. The molecule has 3 aliphatic rings. The van der Waals surface area contributed by atoms with E-state index >= 15 is 0 Å². The third kappa shape index (κ3) is 5.83. The van der Waals surface area contributed by atoms with Crippen molar-refractivity contribution in [1.82, 2.24) is 15.5 Å². The molecule has 2 heterocycles. The van der Waals surface area contributed by atoms with Crippen LogP contribution in [0.1, 0.15) is 51.0 Å². The quantitative estimate of drug-likeness (QED) is 0.488. The molecule has 1 saturated carbocycles. The van der Waals surface area contributed by atoms with E-state index in [0.717, 1.165) is 62.1 Å². The Bertz CT molecular complexity index is 736. The van der Waals surface area contributed by atoms with Gasteiger partial charge >= 0.3 is 0 Å². The zero-order valence-electron chi connectivity index (χ0n) is 19.1. The van der Waals surface area contributed by atoms with Crippen molar-refractivity contribution in [1.29, 1.82) is 0 Å². The topological polar surface area (TPSA) is 67.4 Å². The molecule has 4 rings (SSSR count). The first kappa shape index (κ1) is 22.2. The fraction of sp³-hybridized carbons (Fsp3) is 0.708. The number of ether oxygens (including phenoxy) is 3. The van der Waals surface area contributed by atoms with E-state index in [9.17, 15) is 0 Å². The second kappa shape index (κ2) is 11.0. The first-order chi connectivity index (χ1) is 15.3. The maximum Gasteiger partial charge on any atom is 0.191 e. The first-order valence-corrected chi connectivity index (χ1v) is 12.0. The molecule has 0 amide bonds. The van der Waals surface area contributed by atoms with Gasteiger partial charge in [0.25, 0.3) is 0 Å². The van der Waals surface area contributed by atoms with Gasteiger partial charge in [-0.05, 0) is 58.1 Å². The van der Waals surface area contributed by atoms with Crippen molar-refractivity contribution in [2.24, 2.45) is 4.99 Å². The second-order valence-corrected chi connectivity index (χ2v) is 8.80. The number of hydrogen-bond donors (Lipinski definition) is 2. The average Bonchev–Trinajstić information content (AvgIpc) is 3.48. The van der Waals surface area contributed by atoms with Gasteiger partial charge in [0, 0.05) is 31.2 Å². The number of aliphatic imine (C=N–C) groups is 1. The molecule has 3 fully saturated rings. The summed E-state index contributed by atoms with van der Waals surface area (Å²) >= 11 is 0. The summed E-state index contributed by atoms with van der Waals surface area (Å²) in [5.74, 6) is 2.44. The zero-order valence-corrected chi connectivity index (χ0v) is 19.1. The van der Waals surface area contributed by atoms with Crippen molar-refractivity contribution < 1.29 is 14.2 Å². The number of morpholine rings is 1. The molecule has 2 atom stereocenters. The average molecular weight is 431 g/mol. The molecule has 2 saturated heterocycles. The Labute approximate surface area is 186 Å². The maximum absolute atomic E-state index is 6.36. The maximum atomic E-state index is 6.36. The summed E-state index contributed by atoms with van der Waals surface area (Å²) in [6.45, 7) is 7.27. The van der Waals surface area contributed by atoms with Crippen LogP contribution in [0.4, 0.5) is 0 Å². The van der Waals surface area contributed by atoms with Crippen molar-refractivity contribution >= 4 is 5.96 Å². The summed E-state index contributed by atoms with van der Waals surface area (Å²) in [6.07, 6.45) is 7.76. The molecule has 172 valence electrons. The van der Waals surface area contributed by atoms with Gasteiger partial charge in [0.1, 0.15) is 0 Å². The van der Waals surface area contributed by atoms with Crippen LogP contribution in [0.3, 0.4) is 0 Å². The molecular weight excluding hydrogens is 392 g/mol. The normalized spacial score (nSPS) is 24.8. The highest BCUT2D eigenvalue weighted by molar-refractivity contribution is 5.79. The van der Waals surface area contributed by atoms with E-state index in [-0.39, 0.29) is 12.2 Å². The minimum absolute atomic E-state index is 0.205. The molecule has 1 aromatic rings. The molecule has 7 nitrogen and oxygen atoms in total. The lowest BCUT2D eigenvalue weighted by molar-refractivity contribution is -0.0453. The fourth-order valence-electron chi connectivity index (χ4n) is 4.88. The van der Waals surface area contributed by atoms with Crippen LogP contribution in [0.5, 0.6) is 11.5 Å². The minimum Gasteiger partial charge on any atom is -0.493 e. The number of para-hydroxylation sites is 1. The van der Waals surface area contributed by atoms with Gasteiger partial charge in [0.2, 0.25) is 0 Å². The van der Waals surface area contributed by atoms with Crippen LogP contribution >= 0.6 is 0 Å². The summed E-state index contributed by atoms with van der Waals surface area (Å²) in [4.78, 5) is 7.41. The number of nitrogens with one attached hydrogen (secondary N) is 2. The van der Waals surface area contributed by atoms with E-state index in [1.54, 1.807) is 7.11 Å². The van der Waals surface area contributed by atoms with Crippen molar-refractivity contribution in [2.45, 2.75) is 70.2 Å². The van der Waals surface area contributed by atoms with Crippen LogP contribution in [-0.2, 0) is 11.3 Å². The molecule has 0 radical (unpaired) electrons. The van der Waals surface area contributed by atoms with Crippen LogP contribution in [-0.4, -0.2) is 69.0 Å². The number of benzene rings is 1. The zero-order chi connectivity index (χ0) is 21.5. The molecular formula is C24H38N4O3. The molecule has 1 aromatic carbocycles. The first-order valence-electron chi connectivity index (χ1n) is 12.0. The third-order valence-electron chi connectivity index (χ3n) is 6.58. The van der Waals surface area contributed by atoms with Gasteiger partial charge in [-0.2, -0.15) is 0 Å². The number of nitrogens with zero attached hydrogens (tertiary/aromatic N) is 2. The van der Waals surface area contributed by atoms with E-state index in [4.69, 9.17) is 19.2 Å². The predicted molar refractivity (Wildman–Crippen MR) is 123 cm³/mol. The number of methoxy groups -OCH3 is 1. The van der Waals surface area contributed by atoms with Gasteiger partial charge in [-0.1, -0.05) is 12.1 Å². The van der Waals surface area contributed by atoms with Gasteiger partial charge in [-0.3, -0.25) is 4.90 Å². The summed E-state index contributed by atoms with van der Waals surface area (Å²) < 4.78 is 18.0. The van der Waals surface area contributed by atoms with Crippen molar-refractivity contribution in [3.63, 3.8) is 0 Å². The van der Waals surface area contributed by atoms with E-state index in [0.29, 0.717) is 12.6 Å². The standard InChI is InChI=1S/C24H38N4O3/c1-3-25-24(27-15-21-16-28-13-7-9-19(28)17-30-21)26-14-18-8-6-12-22(29-2)23(18)31-20-10-4-5-11-20/h6,8,12,19-21H,3-5,7,9-11,13-17H2,1-2H3,(H2,25,26,27). The van der Waals surface area contributed by atoms with Crippen LogP contribution in [0.15, 0.2) is 23.2 Å². The smallest absolute Gasteiger partial charge is 0.191 e. The summed E-state index contributed by atoms with van der Waals surface area (Å²) in [7, 11) is 1.70. The molecule has 2 N–H and O–H groups in total. The summed E-state index contributed by atoms with van der Waals surface area (Å²) in [5, 5.41) is 6.83. The molecule has 2 unspecified atom stereocenters. The highest BCUT2D eigenvalue weighted by Crippen LogP contribution is 2.35. The van der Waals surface area contributed by atoms with Crippen LogP contribution in [0.2, 0.25) is 0 Å². The van der Waals surface area contributed by atoms with E-state index in [2.05, 4.69) is 28.5 Å². The number of guanidine groups is 1. The highest BCUT2D eigenvalue weighted by atomic mass is 16.5. The molecule has 0 bridgehead atoms. The Morgan fingerprint density at radius 3 is 2.87 bits per heavy atom. The molecule has 2 aliphatic heterocycles. The van der Waals surface area contributed by atoms with Gasteiger partial charge < -0.3 is 24.8 Å². The van der Waals surface area contributed by atoms with E-state index in [1.165, 1.54) is 32.2 Å². The molecule has 1 aliphatic carbocycles. The van der Waals surface area contributed by atoms with Crippen molar-refractivity contribution in [2.75, 3.05) is 39.9 Å². The Hall–Kier alpha value is -1.99.